The van der Waals surface area contributed by atoms with Crippen LogP contribution in [0.4, 0.5) is 0 Å². The summed E-state index contributed by atoms with van der Waals surface area (Å²) < 4.78 is 19.5. The Hall–Kier alpha value is -0.910. The van der Waals surface area contributed by atoms with Crippen molar-refractivity contribution in [3.05, 3.63) is 34.9 Å². The van der Waals surface area contributed by atoms with Crippen LogP contribution in [0.2, 0.25) is 5.02 Å². The molecule has 0 aliphatic rings. The Morgan fingerprint density at radius 2 is 2.10 bits per heavy atom. The van der Waals surface area contributed by atoms with Crippen LogP contribution >= 0.6 is 11.6 Å². The number of halogens is 1. The van der Waals surface area contributed by atoms with E-state index in [0.717, 1.165) is 5.56 Å². The SMILES string of the molecule is COC(=O)C[C@H](N[S@](=O)C(C)(C)C)c1cccc(Cl)c1. The minimum Gasteiger partial charge on any atom is -0.469 e. The van der Waals surface area contributed by atoms with Crippen LogP contribution in [-0.4, -0.2) is 22.0 Å². The maximum atomic E-state index is 12.2. The predicted octanol–water partition coefficient (Wildman–Crippen LogP) is 3.00. The zero-order chi connectivity index (χ0) is 15.3. The van der Waals surface area contributed by atoms with Gasteiger partial charge in [0.2, 0.25) is 0 Å². The van der Waals surface area contributed by atoms with Crippen molar-refractivity contribution in [1.82, 2.24) is 4.72 Å². The molecule has 4 nitrogen and oxygen atoms in total. The van der Waals surface area contributed by atoms with Crippen molar-refractivity contribution in [2.24, 2.45) is 0 Å². The predicted molar refractivity (Wildman–Crippen MR) is 81.9 cm³/mol. The molecule has 1 aromatic rings. The molecule has 0 aromatic heterocycles. The average Bonchev–Trinajstić information content (AvgIpc) is 2.36. The van der Waals surface area contributed by atoms with Crippen molar-refractivity contribution in [2.45, 2.75) is 38.0 Å². The van der Waals surface area contributed by atoms with Crippen LogP contribution in [-0.2, 0) is 20.5 Å². The van der Waals surface area contributed by atoms with Crippen molar-refractivity contribution >= 4 is 28.6 Å². The number of hydrogen-bond acceptors (Lipinski definition) is 3. The summed E-state index contributed by atoms with van der Waals surface area (Å²) in [5, 5.41) is 0.570. The molecule has 6 heteroatoms. The molecule has 1 aromatic carbocycles. The fraction of sp³-hybridized carbons (Fsp3) is 0.500. The van der Waals surface area contributed by atoms with Gasteiger partial charge in [0.05, 0.1) is 35.3 Å². The minimum absolute atomic E-state index is 0.0959. The molecule has 0 heterocycles. The maximum Gasteiger partial charge on any atom is 0.307 e. The Labute approximate surface area is 127 Å². The fourth-order valence-electron chi connectivity index (χ4n) is 1.51. The Kier molecular flexibility index (Phi) is 6.17. The van der Waals surface area contributed by atoms with Gasteiger partial charge >= 0.3 is 5.97 Å². The zero-order valence-corrected chi connectivity index (χ0v) is 13.7. The van der Waals surface area contributed by atoms with E-state index < -0.39 is 21.8 Å². The molecule has 0 aliphatic heterocycles. The van der Waals surface area contributed by atoms with Crippen molar-refractivity contribution < 1.29 is 13.7 Å². The van der Waals surface area contributed by atoms with Gasteiger partial charge in [-0.05, 0) is 38.5 Å². The number of benzene rings is 1. The lowest BCUT2D eigenvalue weighted by molar-refractivity contribution is -0.141. The number of rotatable bonds is 5. The molecule has 0 aliphatic carbocycles. The van der Waals surface area contributed by atoms with Crippen LogP contribution in [0.15, 0.2) is 24.3 Å². The number of carbonyl (C=O) groups is 1. The van der Waals surface area contributed by atoms with E-state index in [2.05, 4.69) is 9.46 Å². The highest BCUT2D eigenvalue weighted by Crippen LogP contribution is 2.23. The van der Waals surface area contributed by atoms with E-state index in [1.54, 1.807) is 18.2 Å². The molecular formula is C14H20ClNO3S. The van der Waals surface area contributed by atoms with E-state index in [4.69, 9.17) is 11.6 Å². The van der Waals surface area contributed by atoms with Crippen LogP contribution < -0.4 is 4.72 Å². The monoisotopic (exact) mass is 317 g/mol. The highest BCUT2D eigenvalue weighted by atomic mass is 35.5. The normalized spacial score (nSPS) is 14.7. The molecule has 2 atom stereocenters. The van der Waals surface area contributed by atoms with Gasteiger partial charge in [0.25, 0.3) is 0 Å². The lowest BCUT2D eigenvalue weighted by Gasteiger charge is -2.24. The summed E-state index contributed by atoms with van der Waals surface area (Å²) in [4.78, 5) is 11.5. The molecule has 0 saturated heterocycles. The summed E-state index contributed by atoms with van der Waals surface area (Å²) in [6.07, 6.45) is 0.0959. The smallest absolute Gasteiger partial charge is 0.307 e. The van der Waals surface area contributed by atoms with Gasteiger partial charge in [-0.25, -0.2) is 8.93 Å². The first-order valence-electron chi connectivity index (χ1n) is 6.24. The third-order valence-corrected chi connectivity index (χ3v) is 4.50. The Morgan fingerprint density at radius 1 is 1.45 bits per heavy atom. The minimum atomic E-state index is -1.29. The second-order valence-corrected chi connectivity index (χ2v) is 7.82. The number of hydrogen-bond donors (Lipinski definition) is 1. The summed E-state index contributed by atoms with van der Waals surface area (Å²) in [5.41, 5.74) is 0.806. The van der Waals surface area contributed by atoms with E-state index in [0.29, 0.717) is 5.02 Å². The van der Waals surface area contributed by atoms with Crippen molar-refractivity contribution in [2.75, 3.05) is 7.11 Å². The second-order valence-electron chi connectivity index (χ2n) is 5.39. The lowest BCUT2D eigenvalue weighted by atomic mass is 10.1. The third kappa shape index (κ3) is 5.23. The number of methoxy groups -OCH3 is 1. The number of carbonyl (C=O) groups excluding carboxylic acids is 1. The average molecular weight is 318 g/mol. The largest absolute Gasteiger partial charge is 0.469 e. The summed E-state index contributed by atoms with van der Waals surface area (Å²) in [5.74, 6) is -0.367. The van der Waals surface area contributed by atoms with Crippen LogP contribution in [0.25, 0.3) is 0 Å². The maximum absolute atomic E-state index is 12.2. The van der Waals surface area contributed by atoms with Gasteiger partial charge in [0, 0.05) is 5.02 Å². The van der Waals surface area contributed by atoms with Crippen LogP contribution in [0.1, 0.15) is 38.8 Å². The van der Waals surface area contributed by atoms with E-state index in [-0.39, 0.29) is 12.4 Å². The molecule has 0 fully saturated rings. The van der Waals surface area contributed by atoms with E-state index in [9.17, 15) is 9.00 Å². The quantitative estimate of drug-likeness (QED) is 0.849. The van der Waals surface area contributed by atoms with Crippen LogP contribution in [0.3, 0.4) is 0 Å². The summed E-state index contributed by atoms with van der Waals surface area (Å²) in [6, 6.07) is 6.74. The highest BCUT2D eigenvalue weighted by Gasteiger charge is 2.25. The van der Waals surface area contributed by atoms with Crippen LogP contribution in [0, 0.1) is 0 Å². The summed E-state index contributed by atoms with van der Waals surface area (Å²) in [7, 11) is 0.0377. The number of esters is 1. The molecular weight excluding hydrogens is 298 g/mol. The van der Waals surface area contributed by atoms with E-state index >= 15 is 0 Å². The van der Waals surface area contributed by atoms with Gasteiger partial charge in [0.1, 0.15) is 0 Å². The Morgan fingerprint density at radius 3 is 2.60 bits per heavy atom. The first-order valence-corrected chi connectivity index (χ1v) is 7.77. The zero-order valence-electron chi connectivity index (χ0n) is 12.1. The van der Waals surface area contributed by atoms with E-state index in [1.165, 1.54) is 7.11 Å². The second kappa shape index (κ2) is 7.20. The molecule has 0 radical (unpaired) electrons. The topological polar surface area (TPSA) is 55.4 Å². The molecule has 0 amide bonds. The highest BCUT2D eigenvalue weighted by molar-refractivity contribution is 7.84. The van der Waals surface area contributed by atoms with Crippen molar-refractivity contribution in [3.8, 4) is 0 Å². The third-order valence-electron chi connectivity index (χ3n) is 2.65. The number of nitrogens with one attached hydrogen (secondary N) is 1. The Bertz CT molecular complexity index is 499. The van der Waals surface area contributed by atoms with Gasteiger partial charge < -0.3 is 4.74 Å². The van der Waals surface area contributed by atoms with E-state index in [1.807, 2.05) is 26.8 Å². The van der Waals surface area contributed by atoms with Crippen LogP contribution in [0.5, 0.6) is 0 Å². The van der Waals surface area contributed by atoms with Crippen molar-refractivity contribution in [1.29, 1.82) is 0 Å². The molecule has 1 N–H and O–H groups in total. The molecule has 0 bridgehead atoms. The standard InChI is InChI=1S/C14H20ClNO3S/c1-14(2,3)20(18)16-12(9-13(17)19-4)10-6-5-7-11(15)8-10/h5-8,12,16H,9H2,1-4H3/t12-,20+/m0/s1. The van der Waals surface area contributed by atoms with Gasteiger partial charge in [0.15, 0.2) is 0 Å². The first-order chi connectivity index (χ1) is 9.24. The summed E-state index contributed by atoms with van der Waals surface area (Å²) in [6.45, 7) is 5.59. The number of ether oxygens (including phenoxy) is 1. The molecule has 0 spiro atoms. The molecule has 0 unspecified atom stereocenters. The van der Waals surface area contributed by atoms with Gasteiger partial charge in [-0.3, -0.25) is 4.79 Å². The summed E-state index contributed by atoms with van der Waals surface area (Å²) >= 11 is 5.97. The van der Waals surface area contributed by atoms with Gasteiger partial charge in [-0.1, -0.05) is 23.7 Å². The van der Waals surface area contributed by atoms with Crippen molar-refractivity contribution in [3.63, 3.8) is 0 Å². The molecule has 1 rings (SSSR count). The first kappa shape index (κ1) is 17.1. The van der Waals surface area contributed by atoms with Gasteiger partial charge in [-0.15, -0.1) is 0 Å². The molecule has 20 heavy (non-hydrogen) atoms. The molecule has 112 valence electrons. The van der Waals surface area contributed by atoms with Gasteiger partial charge in [-0.2, -0.15) is 0 Å². The fourth-order valence-corrected chi connectivity index (χ4v) is 2.54. The Balaban J connectivity index is 2.97. The molecule has 0 saturated carbocycles. The lowest BCUT2D eigenvalue weighted by Crippen LogP contribution is -2.36.